The van der Waals surface area contributed by atoms with Gasteiger partial charge in [-0.1, -0.05) is 15.9 Å². The van der Waals surface area contributed by atoms with Crippen LogP contribution >= 0.6 is 31.9 Å². The molecule has 1 rings (SSSR count). The molecule has 1 heterocycles. The molecule has 84 valence electrons. The van der Waals surface area contributed by atoms with Crippen molar-refractivity contribution < 1.29 is 0 Å². The van der Waals surface area contributed by atoms with E-state index >= 15 is 0 Å². The summed E-state index contributed by atoms with van der Waals surface area (Å²) in [6.45, 7) is 7.41. The average molecular weight is 336 g/mol. The fourth-order valence-corrected chi connectivity index (χ4v) is 2.27. The second-order valence-corrected chi connectivity index (χ2v) is 5.33. The normalized spacial score (nSPS) is 10.8. The van der Waals surface area contributed by atoms with Gasteiger partial charge in [-0.3, -0.25) is 0 Å². The Bertz CT molecular complexity index is 326. The maximum absolute atomic E-state index is 4.44. The first-order valence-electron chi connectivity index (χ1n) is 5.01. The number of aromatic nitrogens is 1. The first kappa shape index (κ1) is 13.0. The van der Waals surface area contributed by atoms with Crippen molar-refractivity contribution in [2.24, 2.45) is 0 Å². The van der Waals surface area contributed by atoms with E-state index in [1.807, 2.05) is 12.3 Å². The molecule has 4 heteroatoms. The van der Waals surface area contributed by atoms with Crippen LogP contribution in [0.3, 0.4) is 0 Å². The lowest BCUT2D eigenvalue weighted by molar-refractivity contribution is 0.695. The van der Waals surface area contributed by atoms with Gasteiger partial charge in [0.05, 0.1) is 4.47 Å². The van der Waals surface area contributed by atoms with Gasteiger partial charge in [-0.2, -0.15) is 0 Å². The molecule has 1 aromatic heterocycles. The molecule has 0 spiro atoms. The molecule has 2 nitrogen and oxygen atoms in total. The number of hydrogen-bond donors (Lipinski definition) is 0. The fraction of sp³-hybridized carbons (Fsp3) is 0.545. The van der Waals surface area contributed by atoms with Gasteiger partial charge in [-0.05, 0) is 48.3 Å². The van der Waals surface area contributed by atoms with Crippen LogP contribution in [0.5, 0.6) is 0 Å². The van der Waals surface area contributed by atoms with Crippen LogP contribution in [0, 0.1) is 6.92 Å². The van der Waals surface area contributed by atoms with Gasteiger partial charge in [-0.25, -0.2) is 4.98 Å². The molecule has 1 aromatic rings. The van der Waals surface area contributed by atoms with Gasteiger partial charge in [0.2, 0.25) is 0 Å². The Morgan fingerprint density at radius 1 is 1.47 bits per heavy atom. The molecule has 0 N–H and O–H groups in total. The highest BCUT2D eigenvalue weighted by molar-refractivity contribution is 9.10. The van der Waals surface area contributed by atoms with Crippen LogP contribution in [0.1, 0.15) is 19.4 Å². The van der Waals surface area contributed by atoms with Crippen LogP contribution in [0.25, 0.3) is 0 Å². The lowest BCUT2D eigenvalue weighted by Gasteiger charge is -2.28. The third-order valence-electron chi connectivity index (χ3n) is 2.28. The number of halogens is 2. The Hall–Kier alpha value is -0.0900. The van der Waals surface area contributed by atoms with Crippen LogP contribution < -0.4 is 4.90 Å². The zero-order valence-electron chi connectivity index (χ0n) is 9.30. The van der Waals surface area contributed by atoms with Crippen molar-refractivity contribution in [3.05, 3.63) is 22.3 Å². The molecule has 0 aliphatic heterocycles. The van der Waals surface area contributed by atoms with E-state index in [1.165, 1.54) is 5.56 Å². The number of pyridine rings is 1. The molecule has 0 saturated heterocycles. The molecule has 0 aliphatic rings. The predicted octanol–water partition coefficient (Wildman–Crippen LogP) is 3.76. The highest BCUT2D eigenvalue weighted by atomic mass is 79.9. The number of aryl methyl sites for hydroxylation is 1. The third kappa shape index (κ3) is 3.18. The van der Waals surface area contributed by atoms with E-state index in [0.717, 1.165) is 22.2 Å². The summed E-state index contributed by atoms with van der Waals surface area (Å²) in [5.41, 5.74) is 1.22. The standard InChI is InChI=1S/C11H16Br2N2/c1-8(2)15(7-5-12)11-10(13)9(3)4-6-14-11/h4,6,8H,5,7H2,1-3H3. The Kier molecular flexibility index (Phi) is 5.06. The largest absolute Gasteiger partial charge is 0.352 e. The molecule has 0 unspecified atom stereocenters. The van der Waals surface area contributed by atoms with E-state index in [1.54, 1.807) is 0 Å². The molecular weight excluding hydrogens is 320 g/mol. The molecule has 0 aliphatic carbocycles. The highest BCUT2D eigenvalue weighted by Crippen LogP contribution is 2.27. The van der Waals surface area contributed by atoms with Crippen molar-refractivity contribution in [2.45, 2.75) is 26.8 Å². The van der Waals surface area contributed by atoms with Gasteiger partial charge >= 0.3 is 0 Å². The highest BCUT2D eigenvalue weighted by Gasteiger charge is 2.15. The summed E-state index contributed by atoms with van der Waals surface area (Å²) in [6, 6.07) is 2.47. The second-order valence-electron chi connectivity index (χ2n) is 3.74. The summed E-state index contributed by atoms with van der Waals surface area (Å²) in [6.07, 6.45) is 1.86. The average Bonchev–Trinajstić information content (AvgIpc) is 2.19. The number of alkyl halides is 1. The lowest BCUT2D eigenvalue weighted by Crippen LogP contribution is -2.33. The summed E-state index contributed by atoms with van der Waals surface area (Å²) in [7, 11) is 0. The summed E-state index contributed by atoms with van der Waals surface area (Å²) in [4.78, 5) is 6.72. The molecule has 0 atom stereocenters. The van der Waals surface area contributed by atoms with Crippen molar-refractivity contribution in [1.82, 2.24) is 4.98 Å². The zero-order chi connectivity index (χ0) is 11.4. The van der Waals surface area contributed by atoms with Crippen LogP contribution in [-0.4, -0.2) is 22.9 Å². The monoisotopic (exact) mass is 334 g/mol. The quantitative estimate of drug-likeness (QED) is 0.779. The van der Waals surface area contributed by atoms with Crippen LogP contribution in [0.15, 0.2) is 16.7 Å². The topological polar surface area (TPSA) is 16.1 Å². The second kappa shape index (κ2) is 5.85. The van der Waals surface area contributed by atoms with Gasteiger partial charge in [0, 0.05) is 24.1 Å². The van der Waals surface area contributed by atoms with Crippen molar-refractivity contribution in [3.63, 3.8) is 0 Å². The number of rotatable bonds is 4. The zero-order valence-corrected chi connectivity index (χ0v) is 12.5. The van der Waals surface area contributed by atoms with E-state index < -0.39 is 0 Å². The van der Waals surface area contributed by atoms with Crippen LogP contribution in [-0.2, 0) is 0 Å². The van der Waals surface area contributed by atoms with Crippen LogP contribution in [0.2, 0.25) is 0 Å². The number of hydrogen-bond acceptors (Lipinski definition) is 2. The Morgan fingerprint density at radius 2 is 2.13 bits per heavy atom. The van der Waals surface area contributed by atoms with Gasteiger partial charge in [0.25, 0.3) is 0 Å². The summed E-state index contributed by atoms with van der Waals surface area (Å²) >= 11 is 7.07. The van der Waals surface area contributed by atoms with Gasteiger partial charge in [-0.15, -0.1) is 0 Å². The molecular formula is C11H16Br2N2. The Balaban J connectivity index is 3.05. The minimum atomic E-state index is 0.452. The smallest absolute Gasteiger partial charge is 0.143 e. The maximum atomic E-state index is 4.44. The Labute approximate surface area is 108 Å². The van der Waals surface area contributed by atoms with Crippen molar-refractivity contribution in [1.29, 1.82) is 0 Å². The van der Waals surface area contributed by atoms with Gasteiger partial charge < -0.3 is 4.90 Å². The number of nitrogens with zero attached hydrogens (tertiary/aromatic N) is 2. The predicted molar refractivity (Wildman–Crippen MR) is 73.0 cm³/mol. The van der Waals surface area contributed by atoms with E-state index in [-0.39, 0.29) is 0 Å². The minimum absolute atomic E-state index is 0.452. The number of anilines is 1. The van der Waals surface area contributed by atoms with E-state index in [9.17, 15) is 0 Å². The summed E-state index contributed by atoms with van der Waals surface area (Å²) < 4.78 is 1.10. The molecule has 0 amide bonds. The SMILES string of the molecule is Cc1ccnc(N(CCBr)C(C)C)c1Br. The van der Waals surface area contributed by atoms with Crippen LogP contribution in [0.4, 0.5) is 5.82 Å². The van der Waals surface area contributed by atoms with Crippen molar-refractivity contribution in [3.8, 4) is 0 Å². The molecule has 0 radical (unpaired) electrons. The van der Waals surface area contributed by atoms with E-state index in [2.05, 4.69) is 62.5 Å². The minimum Gasteiger partial charge on any atom is -0.352 e. The van der Waals surface area contributed by atoms with Gasteiger partial charge in [0.15, 0.2) is 0 Å². The van der Waals surface area contributed by atoms with Gasteiger partial charge in [0.1, 0.15) is 5.82 Å². The molecule has 15 heavy (non-hydrogen) atoms. The van der Waals surface area contributed by atoms with Crippen molar-refractivity contribution in [2.75, 3.05) is 16.8 Å². The fourth-order valence-electron chi connectivity index (χ4n) is 1.43. The summed E-state index contributed by atoms with van der Waals surface area (Å²) in [5, 5.41) is 0.952. The lowest BCUT2D eigenvalue weighted by atomic mass is 10.2. The molecule has 0 fully saturated rings. The first-order valence-corrected chi connectivity index (χ1v) is 6.93. The molecule has 0 bridgehead atoms. The first-order chi connectivity index (χ1) is 7.07. The molecule has 0 saturated carbocycles. The summed E-state index contributed by atoms with van der Waals surface area (Å²) in [5.74, 6) is 1.03. The third-order valence-corrected chi connectivity index (χ3v) is 3.62. The maximum Gasteiger partial charge on any atom is 0.143 e. The van der Waals surface area contributed by atoms with Crippen molar-refractivity contribution >= 4 is 37.7 Å². The Morgan fingerprint density at radius 3 is 2.67 bits per heavy atom. The van der Waals surface area contributed by atoms with E-state index in [0.29, 0.717) is 6.04 Å². The van der Waals surface area contributed by atoms with E-state index in [4.69, 9.17) is 0 Å². The molecule has 0 aromatic carbocycles.